The standard InChI is InChI=1S/C24H21F3O4/c1-3-30-21-11-16(13-23(28)29-2)12-22(15-21)31-20-6-4-5-18(14-20)17-7-9-19(10-8-17)24(25,26)27/h4-12,14-15H,3,13H2,1-2H3. The zero-order valence-electron chi connectivity index (χ0n) is 17.0. The van der Waals surface area contributed by atoms with E-state index < -0.39 is 11.7 Å². The first-order valence-corrected chi connectivity index (χ1v) is 9.57. The molecule has 0 saturated heterocycles. The van der Waals surface area contributed by atoms with E-state index in [1.54, 1.807) is 42.5 Å². The van der Waals surface area contributed by atoms with Crippen LogP contribution in [0, 0.1) is 0 Å². The van der Waals surface area contributed by atoms with Crippen LogP contribution in [-0.2, 0) is 22.1 Å². The molecule has 0 atom stereocenters. The predicted octanol–water partition coefficient (Wildman–Crippen LogP) is 6.28. The molecule has 0 aliphatic rings. The van der Waals surface area contributed by atoms with Gasteiger partial charge < -0.3 is 14.2 Å². The average Bonchev–Trinajstić information content (AvgIpc) is 2.73. The second-order valence-corrected chi connectivity index (χ2v) is 6.70. The summed E-state index contributed by atoms with van der Waals surface area (Å²) in [6.07, 6.45) is -4.31. The molecule has 0 heterocycles. The van der Waals surface area contributed by atoms with Crippen LogP contribution < -0.4 is 9.47 Å². The maximum Gasteiger partial charge on any atom is 0.416 e. The second-order valence-electron chi connectivity index (χ2n) is 6.70. The number of methoxy groups -OCH3 is 1. The highest BCUT2D eigenvalue weighted by atomic mass is 19.4. The Hall–Kier alpha value is -3.48. The van der Waals surface area contributed by atoms with Crippen molar-refractivity contribution in [1.82, 2.24) is 0 Å². The van der Waals surface area contributed by atoms with Gasteiger partial charge in [-0.15, -0.1) is 0 Å². The molecular weight excluding hydrogens is 409 g/mol. The van der Waals surface area contributed by atoms with Crippen LogP contribution in [-0.4, -0.2) is 19.7 Å². The highest BCUT2D eigenvalue weighted by Gasteiger charge is 2.29. The number of benzene rings is 3. The minimum absolute atomic E-state index is 0.0688. The highest BCUT2D eigenvalue weighted by Crippen LogP contribution is 2.33. The fourth-order valence-electron chi connectivity index (χ4n) is 3.01. The van der Waals surface area contributed by atoms with Crippen LogP contribution >= 0.6 is 0 Å². The molecule has 31 heavy (non-hydrogen) atoms. The molecule has 0 aromatic heterocycles. The largest absolute Gasteiger partial charge is 0.494 e. The summed E-state index contributed by atoms with van der Waals surface area (Å²) in [5.74, 6) is 1.13. The quantitative estimate of drug-likeness (QED) is 0.414. The number of carbonyl (C=O) groups excluding carboxylic acids is 1. The van der Waals surface area contributed by atoms with Crippen LogP contribution in [0.4, 0.5) is 13.2 Å². The highest BCUT2D eigenvalue weighted by molar-refractivity contribution is 5.73. The number of carbonyl (C=O) groups is 1. The predicted molar refractivity (Wildman–Crippen MR) is 110 cm³/mol. The van der Waals surface area contributed by atoms with E-state index in [0.29, 0.717) is 40.5 Å². The van der Waals surface area contributed by atoms with Crippen molar-refractivity contribution >= 4 is 5.97 Å². The van der Waals surface area contributed by atoms with Crippen LogP contribution in [0.3, 0.4) is 0 Å². The minimum atomic E-state index is -4.38. The summed E-state index contributed by atoms with van der Waals surface area (Å²) in [4.78, 5) is 11.6. The molecule has 0 aliphatic heterocycles. The van der Waals surface area contributed by atoms with E-state index in [4.69, 9.17) is 14.2 Å². The van der Waals surface area contributed by atoms with E-state index in [1.165, 1.54) is 19.2 Å². The monoisotopic (exact) mass is 430 g/mol. The number of rotatable bonds is 7. The Morgan fingerprint density at radius 3 is 2.23 bits per heavy atom. The summed E-state index contributed by atoms with van der Waals surface area (Å²) < 4.78 is 54.6. The molecule has 0 saturated carbocycles. The fraction of sp³-hybridized carbons (Fsp3) is 0.208. The zero-order chi connectivity index (χ0) is 22.4. The van der Waals surface area contributed by atoms with Gasteiger partial charge in [-0.25, -0.2) is 0 Å². The van der Waals surface area contributed by atoms with Gasteiger partial charge in [0.05, 0.1) is 25.7 Å². The fourth-order valence-corrected chi connectivity index (χ4v) is 3.01. The van der Waals surface area contributed by atoms with Crippen molar-refractivity contribution in [3.05, 3.63) is 77.9 Å². The molecule has 0 radical (unpaired) electrons. The van der Waals surface area contributed by atoms with E-state index in [-0.39, 0.29) is 12.4 Å². The molecule has 7 heteroatoms. The third-order valence-corrected chi connectivity index (χ3v) is 4.44. The number of alkyl halides is 3. The first-order valence-electron chi connectivity index (χ1n) is 9.57. The Morgan fingerprint density at radius 2 is 1.58 bits per heavy atom. The van der Waals surface area contributed by atoms with Crippen LogP contribution in [0.25, 0.3) is 11.1 Å². The lowest BCUT2D eigenvalue weighted by Gasteiger charge is -2.12. The third kappa shape index (κ3) is 6.01. The lowest BCUT2D eigenvalue weighted by Crippen LogP contribution is -2.05. The Morgan fingerprint density at radius 1 is 0.871 bits per heavy atom. The average molecular weight is 430 g/mol. The maximum atomic E-state index is 12.8. The van der Waals surface area contributed by atoms with Gasteiger partial charge in [0.2, 0.25) is 0 Å². The van der Waals surface area contributed by atoms with Gasteiger partial charge >= 0.3 is 12.1 Å². The van der Waals surface area contributed by atoms with E-state index in [1.807, 2.05) is 6.92 Å². The SMILES string of the molecule is CCOc1cc(CC(=O)OC)cc(Oc2cccc(-c3ccc(C(F)(F)F)cc3)c2)c1. The molecule has 0 aliphatic carbocycles. The molecule has 3 aromatic carbocycles. The van der Waals surface area contributed by atoms with Gasteiger partial charge in [0, 0.05) is 6.07 Å². The molecule has 4 nitrogen and oxygen atoms in total. The van der Waals surface area contributed by atoms with Crippen molar-refractivity contribution in [2.75, 3.05) is 13.7 Å². The number of ether oxygens (including phenoxy) is 3. The van der Waals surface area contributed by atoms with Crippen molar-refractivity contribution in [2.24, 2.45) is 0 Å². The molecule has 3 aromatic rings. The lowest BCUT2D eigenvalue weighted by molar-refractivity contribution is -0.140. The topological polar surface area (TPSA) is 44.8 Å². The lowest BCUT2D eigenvalue weighted by atomic mass is 10.0. The Balaban J connectivity index is 1.85. The van der Waals surface area contributed by atoms with Gasteiger partial charge in [0.15, 0.2) is 0 Å². The van der Waals surface area contributed by atoms with Gasteiger partial charge in [-0.2, -0.15) is 13.2 Å². The second kappa shape index (κ2) is 9.55. The molecule has 0 fully saturated rings. The number of hydrogen-bond acceptors (Lipinski definition) is 4. The third-order valence-electron chi connectivity index (χ3n) is 4.44. The van der Waals surface area contributed by atoms with Gasteiger partial charge in [0.25, 0.3) is 0 Å². The summed E-state index contributed by atoms with van der Waals surface area (Å²) in [6.45, 7) is 2.30. The summed E-state index contributed by atoms with van der Waals surface area (Å²) in [5, 5.41) is 0. The minimum Gasteiger partial charge on any atom is -0.494 e. The van der Waals surface area contributed by atoms with Gasteiger partial charge in [-0.3, -0.25) is 4.79 Å². The Bertz CT molecular complexity index is 1040. The number of halogens is 3. The molecule has 0 unspecified atom stereocenters. The van der Waals surface area contributed by atoms with E-state index in [0.717, 1.165) is 12.1 Å². The van der Waals surface area contributed by atoms with Crippen molar-refractivity contribution in [3.8, 4) is 28.4 Å². The molecule has 0 bridgehead atoms. The van der Waals surface area contributed by atoms with E-state index in [9.17, 15) is 18.0 Å². The van der Waals surface area contributed by atoms with E-state index in [2.05, 4.69) is 0 Å². The van der Waals surface area contributed by atoms with Crippen molar-refractivity contribution in [2.45, 2.75) is 19.5 Å². The molecule has 3 rings (SSSR count). The molecule has 0 N–H and O–H groups in total. The summed E-state index contributed by atoms with van der Waals surface area (Å²) in [5.41, 5.74) is 1.32. The van der Waals surface area contributed by atoms with Crippen molar-refractivity contribution in [3.63, 3.8) is 0 Å². The van der Waals surface area contributed by atoms with Crippen molar-refractivity contribution in [1.29, 1.82) is 0 Å². The summed E-state index contributed by atoms with van der Waals surface area (Å²) in [7, 11) is 1.32. The van der Waals surface area contributed by atoms with Crippen molar-refractivity contribution < 1.29 is 32.2 Å². The van der Waals surface area contributed by atoms with Gasteiger partial charge in [-0.05, 0) is 60.0 Å². The zero-order valence-corrected chi connectivity index (χ0v) is 17.0. The molecular formula is C24H21F3O4. The number of hydrogen-bond donors (Lipinski definition) is 0. The van der Waals surface area contributed by atoms with Crippen LogP contribution in [0.15, 0.2) is 66.7 Å². The van der Waals surface area contributed by atoms with Gasteiger partial charge in [0.1, 0.15) is 17.2 Å². The Labute approximate surface area is 178 Å². The first kappa shape index (κ1) is 22.2. The molecule has 162 valence electrons. The maximum absolute atomic E-state index is 12.8. The molecule has 0 spiro atoms. The normalized spacial score (nSPS) is 11.1. The van der Waals surface area contributed by atoms with Gasteiger partial charge in [-0.1, -0.05) is 24.3 Å². The molecule has 0 amide bonds. The van der Waals surface area contributed by atoms with Crippen LogP contribution in [0.5, 0.6) is 17.2 Å². The summed E-state index contributed by atoms with van der Waals surface area (Å²) in [6, 6.07) is 17.1. The first-order chi connectivity index (χ1) is 14.8. The smallest absolute Gasteiger partial charge is 0.416 e. The number of esters is 1. The Kier molecular flexibility index (Phi) is 6.84. The summed E-state index contributed by atoms with van der Waals surface area (Å²) >= 11 is 0. The van der Waals surface area contributed by atoms with E-state index >= 15 is 0 Å². The van der Waals surface area contributed by atoms with Crippen LogP contribution in [0.2, 0.25) is 0 Å². The van der Waals surface area contributed by atoms with Crippen LogP contribution in [0.1, 0.15) is 18.1 Å².